The Balaban J connectivity index is 1.90. The summed E-state index contributed by atoms with van der Waals surface area (Å²) < 4.78 is 31.7. The minimum Gasteiger partial charge on any atom is -0.447 e. The van der Waals surface area contributed by atoms with Crippen molar-refractivity contribution in [3.8, 4) is 0 Å². The van der Waals surface area contributed by atoms with E-state index in [4.69, 9.17) is 4.42 Å². The zero-order valence-electron chi connectivity index (χ0n) is 10.6. The molecule has 5 nitrogen and oxygen atoms in total. The Bertz CT molecular complexity index is 477. The molecule has 1 aliphatic carbocycles. The largest absolute Gasteiger partial charge is 0.447 e. The van der Waals surface area contributed by atoms with E-state index in [2.05, 4.69) is 17.0 Å². The van der Waals surface area contributed by atoms with Crippen LogP contribution in [0.1, 0.15) is 31.9 Å². The summed E-state index contributed by atoms with van der Waals surface area (Å²) in [6.07, 6.45) is 3.27. The van der Waals surface area contributed by atoms with Crippen molar-refractivity contribution in [3.05, 3.63) is 17.9 Å². The topological polar surface area (TPSA) is 71.3 Å². The molecule has 2 N–H and O–H groups in total. The van der Waals surface area contributed by atoms with E-state index >= 15 is 0 Å². The molecule has 0 spiro atoms. The van der Waals surface area contributed by atoms with Crippen LogP contribution in [0.5, 0.6) is 0 Å². The van der Waals surface area contributed by atoms with Gasteiger partial charge in [0, 0.05) is 6.54 Å². The third-order valence-electron chi connectivity index (χ3n) is 2.89. The Morgan fingerprint density at radius 1 is 1.39 bits per heavy atom. The van der Waals surface area contributed by atoms with Crippen LogP contribution in [-0.2, 0) is 16.6 Å². The van der Waals surface area contributed by atoms with Crippen molar-refractivity contribution in [3.63, 3.8) is 0 Å². The van der Waals surface area contributed by atoms with E-state index in [1.807, 2.05) is 0 Å². The zero-order chi connectivity index (χ0) is 13.0. The van der Waals surface area contributed by atoms with Gasteiger partial charge in [0.15, 0.2) is 0 Å². The third kappa shape index (κ3) is 3.83. The molecule has 6 heteroatoms. The Morgan fingerprint density at radius 3 is 2.83 bits per heavy atom. The first-order valence-electron chi connectivity index (χ1n) is 6.41. The highest BCUT2D eigenvalue weighted by atomic mass is 32.2. The van der Waals surface area contributed by atoms with Crippen molar-refractivity contribution >= 4 is 10.0 Å². The number of hydrogen-bond acceptors (Lipinski definition) is 4. The number of sulfonamides is 1. The second-order valence-electron chi connectivity index (χ2n) is 4.69. The molecule has 0 radical (unpaired) electrons. The molecule has 2 rings (SSSR count). The molecule has 0 aromatic carbocycles. The van der Waals surface area contributed by atoms with Gasteiger partial charge in [-0.1, -0.05) is 6.92 Å². The molecule has 1 heterocycles. The molecule has 0 unspecified atom stereocenters. The molecule has 1 aliphatic rings. The maximum atomic E-state index is 11.9. The molecule has 1 aromatic rings. The molecule has 0 atom stereocenters. The average molecular weight is 272 g/mol. The van der Waals surface area contributed by atoms with Gasteiger partial charge in [0.05, 0.1) is 6.54 Å². The van der Waals surface area contributed by atoms with E-state index < -0.39 is 10.0 Å². The van der Waals surface area contributed by atoms with E-state index in [0.29, 0.717) is 24.8 Å². The molecule has 0 aliphatic heterocycles. The summed E-state index contributed by atoms with van der Waals surface area (Å²) in [7, 11) is -3.47. The number of rotatable bonds is 8. The summed E-state index contributed by atoms with van der Waals surface area (Å²) in [5.74, 6) is 1.16. The fourth-order valence-corrected chi connectivity index (χ4v) is 2.67. The van der Waals surface area contributed by atoms with Crippen LogP contribution in [0.25, 0.3) is 0 Å². The zero-order valence-corrected chi connectivity index (χ0v) is 11.4. The molecule has 0 amide bonds. The van der Waals surface area contributed by atoms with E-state index in [1.54, 1.807) is 6.07 Å². The predicted molar refractivity (Wildman–Crippen MR) is 68.6 cm³/mol. The van der Waals surface area contributed by atoms with E-state index in [-0.39, 0.29) is 5.09 Å². The number of hydrogen-bond donors (Lipinski definition) is 2. The maximum absolute atomic E-state index is 11.9. The molecule has 18 heavy (non-hydrogen) atoms. The summed E-state index contributed by atoms with van der Waals surface area (Å²) in [5, 5.41) is 3.18. The molecular weight excluding hydrogens is 252 g/mol. The minimum atomic E-state index is -3.47. The highest BCUT2D eigenvalue weighted by molar-refractivity contribution is 7.89. The molecule has 102 valence electrons. The first-order valence-corrected chi connectivity index (χ1v) is 7.89. The lowest BCUT2D eigenvalue weighted by atomic mass is 10.4. The lowest BCUT2D eigenvalue weighted by Gasteiger charge is -2.03. The van der Waals surface area contributed by atoms with Gasteiger partial charge in [-0.25, -0.2) is 13.1 Å². The number of nitrogens with one attached hydrogen (secondary N) is 2. The minimum absolute atomic E-state index is 0.0106. The van der Waals surface area contributed by atoms with Gasteiger partial charge < -0.3 is 9.73 Å². The molecular formula is C12H20N2O3S. The lowest BCUT2D eigenvalue weighted by Crippen LogP contribution is -2.25. The standard InChI is InChI=1S/C12H20N2O3S/c1-2-7-13-9-11-5-6-12(17-11)18(15,16)14-8-10-3-4-10/h5-6,10,13-14H,2-4,7-9H2,1H3. The Kier molecular flexibility index (Phi) is 4.42. The van der Waals surface area contributed by atoms with Crippen LogP contribution in [-0.4, -0.2) is 21.5 Å². The van der Waals surface area contributed by atoms with Crippen LogP contribution in [0, 0.1) is 5.92 Å². The van der Waals surface area contributed by atoms with Crippen LogP contribution in [0.4, 0.5) is 0 Å². The van der Waals surface area contributed by atoms with Crippen LogP contribution < -0.4 is 10.0 Å². The summed E-state index contributed by atoms with van der Waals surface area (Å²) in [4.78, 5) is 0. The van der Waals surface area contributed by atoms with E-state index in [1.165, 1.54) is 6.07 Å². The highest BCUT2D eigenvalue weighted by Gasteiger charge is 2.25. The quantitative estimate of drug-likeness (QED) is 0.703. The van der Waals surface area contributed by atoms with E-state index in [0.717, 1.165) is 25.8 Å². The second-order valence-corrected chi connectivity index (χ2v) is 6.39. The van der Waals surface area contributed by atoms with Crippen LogP contribution in [0.15, 0.2) is 21.6 Å². The Hall–Kier alpha value is -0.850. The lowest BCUT2D eigenvalue weighted by molar-refractivity contribution is 0.399. The van der Waals surface area contributed by atoms with Gasteiger partial charge >= 0.3 is 0 Å². The van der Waals surface area contributed by atoms with Gasteiger partial charge in [0.1, 0.15) is 5.76 Å². The van der Waals surface area contributed by atoms with Gasteiger partial charge in [-0.3, -0.25) is 0 Å². The highest BCUT2D eigenvalue weighted by Crippen LogP contribution is 2.28. The first kappa shape index (κ1) is 13.6. The first-order chi connectivity index (χ1) is 8.62. The van der Waals surface area contributed by atoms with Gasteiger partial charge in [-0.05, 0) is 43.9 Å². The van der Waals surface area contributed by atoms with E-state index in [9.17, 15) is 8.42 Å². The molecule has 1 saturated carbocycles. The summed E-state index contributed by atoms with van der Waals surface area (Å²) in [6.45, 7) is 4.05. The van der Waals surface area contributed by atoms with Gasteiger partial charge in [0.2, 0.25) is 5.09 Å². The summed E-state index contributed by atoms with van der Waals surface area (Å²) in [6, 6.07) is 3.21. The predicted octanol–water partition coefficient (Wildman–Crippen LogP) is 1.47. The van der Waals surface area contributed by atoms with Crippen molar-refractivity contribution in [2.45, 2.75) is 37.8 Å². The average Bonchev–Trinajstić information content (AvgIpc) is 3.05. The molecule has 0 bridgehead atoms. The summed E-state index contributed by atoms with van der Waals surface area (Å²) >= 11 is 0. The SMILES string of the molecule is CCCNCc1ccc(S(=O)(=O)NCC2CC2)o1. The smallest absolute Gasteiger partial charge is 0.273 e. The van der Waals surface area contributed by atoms with Crippen molar-refractivity contribution in [2.24, 2.45) is 5.92 Å². The van der Waals surface area contributed by atoms with Crippen molar-refractivity contribution in [1.82, 2.24) is 10.0 Å². The normalized spacial score (nSPS) is 16.1. The van der Waals surface area contributed by atoms with Gasteiger partial charge in [-0.15, -0.1) is 0 Å². The number of furan rings is 1. The Labute approximate surface area is 108 Å². The molecule has 0 saturated heterocycles. The molecule has 1 fully saturated rings. The monoisotopic (exact) mass is 272 g/mol. The third-order valence-corrected chi connectivity index (χ3v) is 4.18. The van der Waals surface area contributed by atoms with Crippen molar-refractivity contribution < 1.29 is 12.8 Å². The maximum Gasteiger partial charge on any atom is 0.273 e. The Morgan fingerprint density at radius 2 is 2.17 bits per heavy atom. The fourth-order valence-electron chi connectivity index (χ4n) is 1.61. The molecule has 1 aromatic heterocycles. The fraction of sp³-hybridized carbons (Fsp3) is 0.667. The van der Waals surface area contributed by atoms with Gasteiger partial charge in [-0.2, -0.15) is 0 Å². The summed E-state index contributed by atoms with van der Waals surface area (Å²) in [5.41, 5.74) is 0. The second kappa shape index (κ2) is 5.86. The van der Waals surface area contributed by atoms with Crippen molar-refractivity contribution in [2.75, 3.05) is 13.1 Å². The van der Waals surface area contributed by atoms with Gasteiger partial charge in [0.25, 0.3) is 10.0 Å². The van der Waals surface area contributed by atoms with Crippen LogP contribution >= 0.6 is 0 Å². The van der Waals surface area contributed by atoms with Crippen LogP contribution in [0.3, 0.4) is 0 Å². The van der Waals surface area contributed by atoms with Crippen molar-refractivity contribution in [1.29, 1.82) is 0 Å². The van der Waals surface area contributed by atoms with Crippen LogP contribution in [0.2, 0.25) is 0 Å².